The second kappa shape index (κ2) is 31.8. The van der Waals surface area contributed by atoms with Crippen LogP contribution >= 0.6 is 0 Å². The summed E-state index contributed by atoms with van der Waals surface area (Å²) >= 11 is 0. The molecular weight excluding hydrogens is 1600 g/mol. The molecule has 0 fully saturated rings. The molecule has 0 unspecified atom stereocenters. The molecule has 0 spiro atoms. The number of rotatable bonds is 9. The van der Waals surface area contributed by atoms with Gasteiger partial charge in [-0.1, -0.05) is 419 Å². The van der Waals surface area contributed by atoms with E-state index in [0.717, 1.165) is 0 Å². The zero-order valence-electron chi connectivity index (χ0n) is 72.8. The highest BCUT2D eigenvalue weighted by atomic mass is 15.0. The molecule has 0 aliphatic carbocycles. The molecular formula is C130H83N3. The Morgan fingerprint density at radius 2 is 0.361 bits per heavy atom. The Morgan fingerprint density at radius 1 is 0.105 bits per heavy atom. The van der Waals surface area contributed by atoms with Crippen LogP contribution in [0.1, 0.15) is 0 Å². The van der Waals surface area contributed by atoms with E-state index in [0.29, 0.717) is 0 Å². The lowest BCUT2D eigenvalue weighted by atomic mass is 9.91. The predicted molar refractivity (Wildman–Crippen MR) is 570 cm³/mol. The van der Waals surface area contributed by atoms with Crippen LogP contribution in [0.5, 0.6) is 0 Å². The average Bonchev–Trinajstić information content (AvgIpc) is 1.58. The van der Waals surface area contributed by atoms with E-state index in [2.05, 4.69) is 517 Å². The zero-order valence-corrected chi connectivity index (χ0v) is 72.8. The summed E-state index contributed by atoms with van der Waals surface area (Å²) in [4.78, 5) is 0. The van der Waals surface area contributed by atoms with Crippen molar-refractivity contribution in [1.29, 1.82) is 0 Å². The van der Waals surface area contributed by atoms with Crippen LogP contribution in [0, 0.1) is 0 Å². The SMILES string of the molecule is c1ccc(-c2ccc(-c3ccc4c(ccc5c4c4ccccc4n5-c4cccc5ccccc45)c3)c3ccccc23)cc1.c1ccc(-c2ccc(-c3ccc4ccc5c(c4c3)c3ccccc3n5-c3cccc4ccccc34)c3ccccc23)cc1.c1ccc2c(-c3ccc4cc(-c5ccc6ccc7c(c6c5)c5ccccc5n7-c5cccc6ccccc56)ccc4c3)cccc2c1. The Labute approximate surface area is 768 Å². The van der Waals surface area contributed by atoms with E-state index < -0.39 is 0 Å². The zero-order chi connectivity index (χ0) is 87.6. The fourth-order valence-corrected chi connectivity index (χ4v) is 21.8. The van der Waals surface area contributed by atoms with Gasteiger partial charge in [-0.3, -0.25) is 0 Å². The molecule has 0 bridgehead atoms. The Balaban J connectivity index is 0.000000104. The van der Waals surface area contributed by atoms with Crippen molar-refractivity contribution < 1.29 is 0 Å². The lowest BCUT2D eigenvalue weighted by Crippen LogP contribution is -1.95. The monoisotopic (exact) mass is 1690 g/mol. The van der Waals surface area contributed by atoms with Gasteiger partial charge in [0.05, 0.1) is 50.2 Å². The molecule has 0 aliphatic rings. The third kappa shape index (κ3) is 12.9. The van der Waals surface area contributed by atoms with Crippen LogP contribution in [-0.2, 0) is 0 Å². The van der Waals surface area contributed by atoms with E-state index in [1.165, 1.54) is 257 Å². The van der Waals surface area contributed by atoms with Gasteiger partial charge in [0.15, 0.2) is 0 Å². The number of nitrogens with zero attached hydrogens (tertiary/aromatic N) is 3. The molecule has 0 amide bonds. The fraction of sp³-hybridized carbons (Fsp3) is 0. The van der Waals surface area contributed by atoms with E-state index in [9.17, 15) is 0 Å². The first-order chi connectivity index (χ1) is 66.0. The number of aromatic nitrogens is 3. The van der Waals surface area contributed by atoms with Crippen molar-refractivity contribution in [2.75, 3.05) is 0 Å². The highest BCUT2D eigenvalue weighted by Gasteiger charge is 2.23. The second-order valence-electron chi connectivity index (χ2n) is 35.2. The summed E-state index contributed by atoms with van der Waals surface area (Å²) in [5, 5.41) is 33.0. The van der Waals surface area contributed by atoms with Gasteiger partial charge in [-0.05, 0) is 243 Å². The number of fused-ring (bicyclic) bond motifs is 22. The minimum absolute atomic E-state index is 1.21. The molecule has 28 rings (SSSR count). The van der Waals surface area contributed by atoms with Crippen molar-refractivity contribution in [3.63, 3.8) is 0 Å². The fourth-order valence-electron chi connectivity index (χ4n) is 21.8. The summed E-state index contributed by atoms with van der Waals surface area (Å²) in [5.74, 6) is 0. The van der Waals surface area contributed by atoms with E-state index in [-0.39, 0.29) is 0 Å². The van der Waals surface area contributed by atoms with E-state index in [4.69, 9.17) is 0 Å². The van der Waals surface area contributed by atoms with Gasteiger partial charge in [0, 0.05) is 48.5 Å². The molecule has 3 heteroatoms. The Hall–Kier alpha value is -17.5. The highest BCUT2D eigenvalue weighted by Crippen LogP contribution is 2.48. The van der Waals surface area contributed by atoms with Crippen molar-refractivity contribution in [2.45, 2.75) is 0 Å². The van der Waals surface area contributed by atoms with Gasteiger partial charge >= 0.3 is 0 Å². The van der Waals surface area contributed by atoms with Crippen molar-refractivity contribution >= 4 is 173 Å². The largest absolute Gasteiger partial charge is 0.309 e. The maximum absolute atomic E-state index is 2.45. The Kier molecular flexibility index (Phi) is 18.3. The van der Waals surface area contributed by atoms with Crippen LogP contribution in [0.25, 0.3) is 257 Å². The summed E-state index contributed by atoms with van der Waals surface area (Å²) in [7, 11) is 0. The van der Waals surface area contributed by atoms with Gasteiger partial charge in [-0.15, -0.1) is 0 Å². The molecule has 0 aliphatic heterocycles. The first kappa shape index (κ1) is 76.7. The van der Waals surface area contributed by atoms with Crippen LogP contribution in [0.3, 0.4) is 0 Å². The quantitative estimate of drug-likeness (QED) is 0.137. The highest BCUT2D eigenvalue weighted by molar-refractivity contribution is 6.26. The molecule has 133 heavy (non-hydrogen) atoms. The minimum atomic E-state index is 1.21. The predicted octanol–water partition coefficient (Wildman–Crippen LogP) is 35.9. The van der Waals surface area contributed by atoms with Crippen molar-refractivity contribution in [1.82, 2.24) is 13.7 Å². The van der Waals surface area contributed by atoms with Crippen LogP contribution in [0.4, 0.5) is 0 Å². The van der Waals surface area contributed by atoms with Crippen LogP contribution < -0.4 is 0 Å². The van der Waals surface area contributed by atoms with Crippen LogP contribution in [-0.4, -0.2) is 13.7 Å². The van der Waals surface area contributed by atoms with Gasteiger partial charge in [-0.25, -0.2) is 0 Å². The maximum atomic E-state index is 2.45. The smallest absolute Gasteiger partial charge is 0.0547 e. The minimum Gasteiger partial charge on any atom is -0.309 e. The lowest BCUT2D eigenvalue weighted by Gasteiger charge is -2.13. The molecule has 0 saturated heterocycles. The van der Waals surface area contributed by atoms with Crippen molar-refractivity contribution in [3.05, 3.63) is 504 Å². The third-order valence-electron chi connectivity index (χ3n) is 27.9. The molecule has 25 aromatic carbocycles. The average molecular weight is 1690 g/mol. The molecule has 3 heterocycles. The van der Waals surface area contributed by atoms with Crippen molar-refractivity contribution in [2.24, 2.45) is 0 Å². The molecule has 0 atom stereocenters. The van der Waals surface area contributed by atoms with Gasteiger partial charge in [0.25, 0.3) is 0 Å². The summed E-state index contributed by atoms with van der Waals surface area (Å²) in [6.45, 7) is 0. The van der Waals surface area contributed by atoms with Gasteiger partial charge in [0.1, 0.15) is 0 Å². The van der Waals surface area contributed by atoms with Gasteiger partial charge in [0.2, 0.25) is 0 Å². The lowest BCUT2D eigenvalue weighted by molar-refractivity contribution is 1.20. The molecule has 0 radical (unpaired) electrons. The second-order valence-corrected chi connectivity index (χ2v) is 35.2. The summed E-state index contributed by atoms with van der Waals surface area (Å²) in [5.41, 5.74) is 26.0. The summed E-state index contributed by atoms with van der Waals surface area (Å²) in [6.07, 6.45) is 0. The van der Waals surface area contributed by atoms with Crippen LogP contribution in [0.15, 0.2) is 504 Å². The number of para-hydroxylation sites is 3. The van der Waals surface area contributed by atoms with Gasteiger partial charge in [-0.2, -0.15) is 0 Å². The molecule has 3 aromatic heterocycles. The van der Waals surface area contributed by atoms with Crippen LogP contribution in [0.2, 0.25) is 0 Å². The number of benzene rings is 25. The first-order valence-electron chi connectivity index (χ1n) is 46.0. The summed E-state index contributed by atoms with van der Waals surface area (Å²) in [6, 6.07) is 184. The molecule has 28 aromatic rings. The normalized spacial score (nSPS) is 11.8. The third-order valence-corrected chi connectivity index (χ3v) is 27.9. The molecule has 618 valence electrons. The Bertz CT molecular complexity index is 9580. The molecule has 0 saturated carbocycles. The van der Waals surface area contributed by atoms with E-state index in [1.807, 2.05) is 0 Å². The summed E-state index contributed by atoms with van der Waals surface area (Å²) < 4.78 is 7.34. The van der Waals surface area contributed by atoms with Gasteiger partial charge < -0.3 is 13.7 Å². The molecule has 3 nitrogen and oxygen atoms in total. The number of hydrogen-bond acceptors (Lipinski definition) is 0. The maximum Gasteiger partial charge on any atom is 0.0547 e. The topological polar surface area (TPSA) is 14.8 Å². The standard InChI is InChI=1S/C46H29N.2C42H27N/c1-3-13-38-30(9-1)11-7-16-39(38)37-24-23-33-27-34(21-22-35(33)28-37)36-20-19-32-25-26-45-46(42(32)29-36)41-15-5-6-17-44(41)47(45)43-18-8-12-31-10-2-4-14-40(31)43;1-2-11-28(12-3-1)32-24-25-33(37-17-7-6-16-36(32)37)30-21-23-35-31(27-30)22-26-41-42(35)38-18-8-9-19-40(38)43(41)39-20-10-14-29-13-4-5-15-34(29)39;1-2-11-28(12-3-1)32-24-25-33(36-17-7-6-16-35(32)36)31-22-21-30-23-26-41-42(38(30)27-31)37-18-8-9-19-40(37)43(41)39-20-10-14-29-13-4-5-15-34(29)39/h1-29H;2*1-27H. The van der Waals surface area contributed by atoms with Crippen molar-refractivity contribution in [3.8, 4) is 83.8 Å². The number of hydrogen-bond donors (Lipinski definition) is 0. The molecule has 0 N–H and O–H groups in total. The van der Waals surface area contributed by atoms with E-state index in [1.54, 1.807) is 0 Å². The Morgan fingerprint density at radius 3 is 0.789 bits per heavy atom. The van der Waals surface area contributed by atoms with E-state index >= 15 is 0 Å². The first-order valence-corrected chi connectivity index (χ1v) is 46.0.